The highest BCUT2D eigenvalue weighted by molar-refractivity contribution is 8.00. The van der Waals surface area contributed by atoms with Crippen LogP contribution in [0.4, 0.5) is 0 Å². The Morgan fingerprint density at radius 3 is 2.86 bits per heavy atom. The maximum absolute atomic E-state index is 12.1. The van der Waals surface area contributed by atoms with Crippen molar-refractivity contribution in [2.24, 2.45) is 5.92 Å². The minimum atomic E-state index is -0.0165. The highest BCUT2D eigenvalue weighted by Crippen LogP contribution is 2.40. The molecular formula is C22H26N4OS. The van der Waals surface area contributed by atoms with Crippen LogP contribution in [0.25, 0.3) is 6.08 Å². The van der Waals surface area contributed by atoms with Crippen LogP contribution in [0, 0.1) is 5.92 Å². The minimum absolute atomic E-state index is 0.0165. The largest absolute Gasteiger partial charge is 0.355 e. The zero-order valence-corrected chi connectivity index (χ0v) is 16.8. The molecule has 2 fully saturated rings. The molecule has 146 valence electrons. The van der Waals surface area contributed by atoms with E-state index in [0.717, 1.165) is 29.0 Å². The molecule has 3 N–H and O–H groups in total. The molecule has 5 nitrogen and oxygen atoms in total. The number of benzene rings is 1. The first-order valence-electron chi connectivity index (χ1n) is 9.82. The second-order valence-corrected chi connectivity index (χ2v) is 8.67. The maximum Gasteiger partial charge on any atom is 0.252 e. The Balaban J connectivity index is 1.38. The number of hydrogen-bond donors (Lipinski definition) is 3. The normalized spacial score (nSPS) is 26.9. The van der Waals surface area contributed by atoms with Crippen LogP contribution in [-0.2, 0) is 0 Å². The molecule has 1 aliphatic heterocycles. The van der Waals surface area contributed by atoms with Gasteiger partial charge in [-0.25, -0.2) is 0 Å². The smallest absolute Gasteiger partial charge is 0.252 e. The SMILES string of the molecule is CNC(=O)c1ccccc1SC1CCC2C(/C=C/c3ccccn3)NNC2C1. The number of nitrogens with one attached hydrogen (secondary N) is 3. The zero-order valence-electron chi connectivity index (χ0n) is 16.0. The summed E-state index contributed by atoms with van der Waals surface area (Å²) in [7, 11) is 1.68. The Kier molecular flexibility index (Phi) is 6.10. The fraction of sp³-hybridized carbons (Fsp3) is 0.364. The van der Waals surface area contributed by atoms with Crippen molar-refractivity contribution in [3.05, 3.63) is 66.0 Å². The van der Waals surface area contributed by atoms with Gasteiger partial charge in [-0.3, -0.25) is 20.6 Å². The highest BCUT2D eigenvalue weighted by Gasteiger charge is 2.39. The summed E-state index contributed by atoms with van der Waals surface area (Å²) in [5.74, 6) is 0.572. The van der Waals surface area contributed by atoms with Gasteiger partial charge in [0.15, 0.2) is 0 Å². The van der Waals surface area contributed by atoms with Crippen molar-refractivity contribution < 1.29 is 4.79 Å². The lowest BCUT2D eigenvalue weighted by molar-refractivity contribution is 0.0960. The van der Waals surface area contributed by atoms with Crippen LogP contribution in [0.15, 0.2) is 59.6 Å². The number of nitrogens with zero attached hydrogens (tertiary/aromatic N) is 1. The van der Waals surface area contributed by atoms with Gasteiger partial charge < -0.3 is 5.32 Å². The predicted octanol–water partition coefficient (Wildman–Crippen LogP) is 3.26. The molecule has 28 heavy (non-hydrogen) atoms. The maximum atomic E-state index is 12.1. The van der Waals surface area contributed by atoms with Crippen LogP contribution in [0.3, 0.4) is 0 Å². The number of hydrazine groups is 1. The number of hydrogen-bond acceptors (Lipinski definition) is 5. The number of pyridine rings is 1. The molecule has 0 radical (unpaired) electrons. The van der Waals surface area contributed by atoms with Crippen molar-refractivity contribution >= 4 is 23.7 Å². The summed E-state index contributed by atoms with van der Waals surface area (Å²) in [4.78, 5) is 17.6. The van der Waals surface area contributed by atoms with Gasteiger partial charge in [-0.2, -0.15) is 0 Å². The van der Waals surface area contributed by atoms with E-state index in [2.05, 4.69) is 39.4 Å². The summed E-state index contributed by atoms with van der Waals surface area (Å²) in [6.07, 6.45) is 9.57. The number of carbonyl (C=O) groups is 1. The molecule has 1 amide bonds. The summed E-state index contributed by atoms with van der Waals surface area (Å²) in [6, 6.07) is 14.6. The minimum Gasteiger partial charge on any atom is -0.355 e. The van der Waals surface area contributed by atoms with Gasteiger partial charge in [0.25, 0.3) is 5.91 Å². The van der Waals surface area contributed by atoms with E-state index in [-0.39, 0.29) is 5.91 Å². The molecule has 1 aromatic carbocycles. The summed E-state index contributed by atoms with van der Waals surface area (Å²) in [6.45, 7) is 0. The molecule has 0 spiro atoms. The van der Waals surface area contributed by atoms with E-state index in [0.29, 0.717) is 23.3 Å². The quantitative estimate of drug-likeness (QED) is 0.726. The average molecular weight is 395 g/mol. The molecule has 4 rings (SSSR count). The zero-order chi connectivity index (χ0) is 19.3. The second kappa shape index (κ2) is 8.90. The van der Waals surface area contributed by atoms with Crippen LogP contribution >= 0.6 is 11.8 Å². The van der Waals surface area contributed by atoms with E-state index >= 15 is 0 Å². The molecule has 0 bridgehead atoms. The predicted molar refractivity (Wildman–Crippen MR) is 114 cm³/mol. The Hall–Kier alpha value is -2.15. The first-order valence-corrected chi connectivity index (χ1v) is 10.7. The lowest BCUT2D eigenvalue weighted by Crippen LogP contribution is -2.37. The third kappa shape index (κ3) is 4.29. The molecule has 2 aliphatic rings. The van der Waals surface area contributed by atoms with Crippen LogP contribution in [0.5, 0.6) is 0 Å². The van der Waals surface area contributed by atoms with Crippen LogP contribution < -0.4 is 16.2 Å². The summed E-state index contributed by atoms with van der Waals surface area (Å²) in [5.41, 5.74) is 8.71. The Morgan fingerprint density at radius 2 is 2.04 bits per heavy atom. The number of amides is 1. The number of thioether (sulfide) groups is 1. The van der Waals surface area contributed by atoms with Crippen molar-refractivity contribution in [3.63, 3.8) is 0 Å². The van der Waals surface area contributed by atoms with Crippen molar-refractivity contribution in [3.8, 4) is 0 Å². The number of carbonyl (C=O) groups excluding carboxylic acids is 1. The lowest BCUT2D eigenvalue weighted by Gasteiger charge is -2.32. The van der Waals surface area contributed by atoms with E-state index in [1.807, 2.05) is 54.4 Å². The van der Waals surface area contributed by atoms with Gasteiger partial charge in [0.1, 0.15) is 0 Å². The molecule has 4 atom stereocenters. The molecule has 1 saturated carbocycles. The lowest BCUT2D eigenvalue weighted by atomic mass is 9.81. The van der Waals surface area contributed by atoms with Crippen LogP contribution in [0.1, 0.15) is 35.3 Å². The van der Waals surface area contributed by atoms with Gasteiger partial charge >= 0.3 is 0 Å². The van der Waals surface area contributed by atoms with E-state index in [1.54, 1.807) is 7.05 Å². The average Bonchev–Trinajstić information content (AvgIpc) is 3.15. The standard InChI is InChI=1S/C22H26N4OS/c1-23-22(27)18-7-2-3-8-21(18)28-16-10-11-17-19(25-26-20(17)14-16)12-9-15-6-4-5-13-24-15/h2-9,12-13,16-17,19-20,25-26H,10-11,14H2,1H3,(H,23,27)/b12-9+. The molecule has 6 heteroatoms. The van der Waals surface area contributed by atoms with E-state index < -0.39 is 0 Å². The fourth-order valence-corrected chi connectivity index (χ4v) is 5.47. The van der Waals surface area contributed by atoms with E-state index in [9.17, 15) is 4.79 Å². The van der Waals surface area contributed by atoms with Crippen LogP contribution in [-0.4, -0.2) is 35.3 Å². The molecule has 2 heterocycles. The van der Waals surface area contributed by atoms with Gasteiger partial charge in [-0.1, -0.05) is 24.3 Å². The molecule has 1 aromatic heterocycles. The summed E-state index contributed by atoms with van der Waals surface area (Å²) < 4.78 is 0. The Labute approximate surface area is 170 Å². The molecule has 2 aromatic rings. The molecule has 1 aliphatic carbocycles. The van der Waals surface area contributed by atoms with E-state index in [4.69, 9.17) is 0 Å². The third-order valence-electron chi connectivity index (χ3n) is 5.57. The van der Waals surface area contributed by atoms with Gasteiger partial charge in [-0.15, -0.1) is 11.8 Å². The number of rotatable bonds is 5. The van der Waals surface area contributed by atoms with Crippen LogP contribution in [0.2, 0.25) is 0 Å². The van der Waals surface area contributed by atoms with Gasteiger partial charge in [0, 0.05) is 35.5 Å². The highest BCUT2D eigenvalue weighted by atomic mass is 32.2. The second-order valence-electron chi connectivity index (χ2n) is 7.33. The Bertz CT molecular complexity index is 841. The van der Waals surface area contributed by atoms with Crippen molar-refractivity contribution in [2.75, 3.05) is 7.05 Å². The summed E-state index contributed by atoms with van der Waals surface area (Å²) in [5, 5.41) is 3.26. The third-order valence-corrected chi connectivity index (χ3v) is 6.94. The van der Waals surface area contributed by atoms with E-state index in [1.165, 1.54) is 6.42 Å². The van der Waals surface area contributed by atoms with Gasteiger partial charge in [0.05, 0.1) is 11.3 Å². The topological polar surface area (TPSA) is 66.0 Å². The Morgan fingerprint density at radius 1 is 1.18 bits per heavy atom. The van der Waals surface area contributed by atoms with Crippen molar-refractivity contribution in [2.45, 2.75) is 41.5 Å². The number of aromatic nitrogens is 1. The van der Waals surface area contributed by atoms with Gasteiger partial charge in [-0.05, 0) is 55.5 Å². The monoisotopic (exact) mass is 394 g/mol. The first kappa shape index (κ1) is 19.2. The molecule has 1 saturated heterocycles. The van der Waals surface area contributed by atoms with Crippen molar-refractivity contribution in [1.29, 1.82) is 0 Å². The molecule has 4 unspecified atom stereocenters. The fourth-order valence-electron chi connectivity index (χ4n) is 4.11. The van der Waals surface area contributed by atoms with Gasteiger partial charge in [0.2, 0.25) is 0 Å². The number of fused-ring (bicyclic) bond motifs is 1. The summed E-state index contributed by atoms with van der Waals surface area (Å²) >= 11 is 1.84. The van der Waals surface area contributed by atoms with Crippen molar-refractivity contribution in [1.82, 2.24) is 21.2 Å². The molecular weight excluding hydrogens is 368 g/mol. The first-order chi connectivity index (χ1) is 13.7.